The molecule has 0 aliphatic rings. The van der Waals surface area contributed by atoms with E-state index in [1.807, 2.05) is 13.8 Å². The van der Waals surface area contributed by atoms with Gasteiger partial charge in [0.25, 0.3) is 0 Å². The summed E-state index contributed by atoms with van der Waals surface area (Å²) in [4.78, 5) is 4.91. The monoisotopic (exact) mass is 147 g/mol. The molecule has 0 rings (SSSR count). The Bertz CT molecular complexity index is 88.1. The van der Waals surface area contributed by atoms with Gasteiger partial charge in [0, 0.05) is 0 Å². The summed E-state index contributed by atoms with van der Waals surface area (Å²) in [6.45, 7) is 7.85. The zero-order valence-electron chi connectivity index (χ0n) is 7.14. The topological polar surface area (TPSA) is 41.5 Å². The van der Waals surface area contributed by atoms with Gasteiger partial charge in [-0.3, -0.25) is 0 Å². The molecule has 0 saturated heterocycles. The van der Waals surface area contributed by atoms with E-state index in [-0.39, 0.29) is 6.04 Å². The zero-order chi connectivity index (χ0) is 8.20. The van der Waals surface area contributed by atoms with E-state index in [2.05, 4.69) is 5.48 Å². The Morgan fingerprint density at radius 3 is 2.40 bits per heavy atom. The van der Waals surface area contributed by atoms with E-state index < -0.39 is 5.60 Å². The van der Waals surface area contributed by atoms with Crippen molar-refractivity contribution in [3.05, 3.63) is 0 Å². The Morgan fingerprint density at radius 2 is 2.10 bits per heavy atom. The summed E-state index contributed by atoms with van der Waals surface area (Å²) in [5, 5.41) is 9.37. The van der Waals surface area contributed by atoms with Crippen LogP contribution in [0, 0.1) is 0 Å². The summed E-state index contributed by atoms with van der Waals surface area (Å²) in [5.41, 5.74) is 2.00. The third-order valence-corrected chi connectivity index (χ3v) is 1.46. The van der Waals surface area contributed by atoms with Gasteiger partial charge in [-0.05, 0) is 27.7 Å². The molecule has 0 aromatic rings. The number of hydrogen-bond donors (Lipinski definition) is 2. The van der Waals surface area contributed by atoms with E-state index in [0.717, 1.165) is 0 Å². The zero-order valence-corrected chi connectivity index (χ0v) is 7.14. The lowest BCUT2D eigenvalue weighted by Crippen LogP contribution is -2.44. The highest BCUT2D eigenvalue weighted by atomic mass is 16.6. The van der Waals surface area contributed by atoms with Crippen LogP contribution in [0.3, 0.4) is 0 Å². The highest BCUT2D eigenvalue weighted by Crippen LogP contribution is 2.06. The highest BCUT2D eigenvalue weighted by molar-refractivity contribution is 4.76. The molecule has 0 radical (unpaired) electrons. The molecule has 1 unspecified atom stereocenters. The molecule has 2 N–H and O–H groups in total. The van der Waals surface area contributed by atoms with Gasteiger partial charge in [0.1, 0.15) is 0 Å². The molecule has 0 amide bonds. The predicted molar refractivity (Wildman–Crippen MR) is 40.5 cm³/mol. The Morgan fingerprint density at radius 1 is 1.60 bits per heavy atom. The second kappa shape index (κ2) is 3.91. The highest BCUT2D eigenvalue weighted by Gasteiger charge is 2.21. The summed E-state index contributed by atoms with van der Waals surface area (Å²) in [6.07, 6.45) is 0. The van der Waals surface area contributed by atoms with Crippen LogP contribution in [0.25, 0.3) is 0 Å². The molecule has 0 aliphatic heterocycles. The van der Waals surface area contributed by atoms with Crippen LogP contribution >= 0.6 is 0 Å². The van der Waals surface area contributed by atoms with Crippen molar-refractivity contribution in [3.8, 4) is 0 Å². The average molecular weight is 147 g/mol. The minimum Gasteiger partial charge on any atom is -0.389 e. The third kappa shape index (κ3) is 3.82. The largest absolute Gasteiger partial charge is 0.389 e. The number of hydrogen-bond acceptors (Lipinski definition) is 3. The number of hydroxylamine groups is 1. The van der Waals surface area contributed by atoms with Crippen LogP contribution in [-0.2, 0) is 4.84 Å². The minimum absolute atomic E-state index is 0.0487. The molecule has 0 spiro atoms. The first-order valence-corrected chi connectivity index (χ1v) is 3.58. The predicted octanol–water partition coefficient (Wildman–Crippen LogP) is 0.687. The van der Waals surface area contributed by atoms with Crippen molar-refractivity contribution >= 4 is 0 Å². The van der Waals surface area contributed by atoms with Gasteiger partial charge in [-0.1, -0.05) is 0 Å². The molecule has 0 heterocycles. The maximum absolute atomic E-state index is 9.37. The average Bonchev–Trinajstić information content (AvgIpc) is 1.80. The van der Waals surface area contributed by atoms with Gasteiger partial charge < -0.3 is 9.94 Å². The van der Waals surface area contributed by atoms with Crippen LogP contribution in [0.15, 0.2) is 0 Å². The first-order chi connectivity index (χ1) is 4.48. The molecule has 0 aromatic carbocycles. The Kier molecular flexibility index (Phi) is 3.86. The molecule has 0 fully saturated rings. The number of nitrogens with one attached hydrogen (secondary N) is 1. The lowest BCUT2D eigenvalue weighted by atomic mass is 10.0. The van der Waals surface area contributed by atoms with E-state index in [1.54, 1.807) is 13.8 Å². The first kappa shape index (κ1) is 9.88. The minimum atomic E-state index is -0.727. The van der Waals surface area contributed by atoms with E-state index >= 15 is 0 Å². The van der Waals surface area contributed by atoms with Gasteiger partial charge >= 0.3 is 0 Å². The fraction of sp³-hybridized carbons (Fsp3) is 1.00. The van der Waals surface area contributed by atoms with Crippen LogP contribution < -0.4 is 5.48 Å². The van der Waals surface area contributed by atoms with E-state index in [9.17, 15) is 5.11 Å². The van der Waals surface area contributed by atoms with Crippen molar-refractivity contribution < 1.29 is 9.94 Å². The van der Waals surface area contributed by atoms with Crippen molar-refractivity contribution in [1.29, 1.82) is 0 Å². The van der Waals surface area contributed by atoms with E-state index in [4.69, 9.17) is 4.84 Å². The lowest BCUT2D eigenvalue weighted by molar-refractivity contribution is -0.0468. The molecule has 1 atom stereocenters. The lowest BCUT2D eigenvalue weighted by Gasteiger charge is -2.25. The van der Waals surface area contributed by atoms with E-state index in [1.165, 1.54) is 0 Å². The van der Waals surface area contributed by atoms with Gasteiger partial charge in [-0.25, -0.2) is 0 Å². The van der Waals surface area contributed by atoms with Crippen molar-refractivity contribution in [2.24, 2.45) is 0 Å². The normalized spacial score (nSPS) is 15.3. The Labute approximate surface area is 62.3 Å². The smallest absolute Gasteiger partial charge is 0.0764 e. The van der Waals surface area contributed by atoms with Crippen LogP contribution in [0.5, 0.6) is 0 Å². The molecule has 3 heteroatoms. The second-order valence-electron chi connectivity index (χ2n) is 2.93. The Hall–Kier alpha value is -0.120. The molecule has 0 bridgehead atoms. The van der Waals surface area contributed by atoms with E-state index in [0.29, 0.717) is 6.61 Å². The summed E-state index contributed by atoms with van der Waals surface area (Å²) in [5.74, 6) is 0. The van der Waals surface area contributed by atoms with Crippen molar-refractivity contribution in [2.75, 3.05) is 6.61 Å². The maximum Gasteiger partial charge on any atom is 0.0764 e. The van der Waals surface area contributed by atoms with Gasteiger partial charge in [-0.15, -0.1) is 0 Å². The fourth-order valence-corrected chi connectivity index (χ4v) is 0.353. The van der Waals surface area contributed by atoms with Crippen molar-refractivity contribution in [3.63, 3.8) is 0 Å². The summed E-state index contributed by atoms with van der Waals surface area (Å²) >= 11 is 0. The number of aliphatic hydroxyl groups is 1. The SMILES string of the molecule is CCONC(C)C(C)(C)O. The summed E-state index contributed by atoms with van der Waals surface area (Å²) in [6, 6.07) is -0.0487. The van der Waals surface area contributed by atoms with Gasteiger partial charge in [-0.2, -0.15) is 5.48 Å². The van der Waals surface area contributed by atoms with Gasteiger partial charge in [0.15, 0.2) is 0 Å². The van der Waals surface area contributed by atoms with Crippen molar-refractivity contribution in [1.82, 2.24) is 5.48 Å². The number of rotatable bonds is 4. The summed E-state index contributed by atoms with van der Waals surface area (Å²) < 4.78 is 0. The van der Waals surface area contributed by atoms with Crippen molar-refractivity contribution in [2.45, 2.75) is 39.3 Å². The van der Waals surface area contributed by atoms with Crippen LogP contribution in [-0.4, -0.2) is 23.4 Å². The van der Waals surface area contributed by atoms with Crippen LogP contribution in [0.4, 0.5) is 0 Å². The van der Waals surface area contributed by atoms with Gasteiger partial charge in [0.05, 0.1) is 18.2 Å². The Balaban J connectivity index is 3.52. The summed E-state index contributed by atoms with van der Waals surface area (Å²) in [7, 11) is 0. The molecule has 0 saturated carbocycles. The molecule has 10 heavy (non-hydrogen) atoms. The van der Waals surface area contributed by atoms with Crippen LogP contribution in [0.2, 0.25) is 0 Å². The molecule has 0 aromatic heterocycles. The van der Waals surface area contributed by atoms with Gasteiger partial charge in [0.2, 0.25) is 0 Å². The molecule has 62 valence electrons. The standard InChI is InChI=1S/C7H17NO2/c1-5-10-8-6(2)7(3,4)9/h6,8-9H,5H2,1-4H3. The third-order valence-electron chi connectivity index (χ3n) is 1.46. The quantitative estimate of drug-likeness (QED) is 0.575. The molecule has 3 nitrogen and oxygen atoms in total. The fourth-order valence-electron chi connectivity index (χ4n) is 0.353. The molecular weight excluding hydrogens is 130 g/mol. The molecule has 0 aliphatic carbocycles. The first-order valence-electron chi connectivity index (χ1n) is 3.58. The second-order valence-corrected chi connectivity index (χ2v) is 2.93. The maximum atomic E-state index is 9.37. The van der Waals surface area contributed by atoms with Crippen LogP contribution in [0.1, 0.15) is 27.7 Å². The molecular formula is C7H17NO2.